The quantitative estimate of drug-likeness (QED) is 0.537. The van der Waals surface area contributed by atoms with Gasteiger partial charge < -0.3 is 24.8 Å². The molecule has 7 nitrogen and oxygen atoms in total. The molecule has 0 aromatic rings. The van der Waals surface area contributed by atoms with Crippen LogP contribution >= 0.6 is 0 Å². The number of nitrogens with one attached hydrogen (secondary N) is 2. The van der Waals surface area contributed by atoms with Crippen LogP contribution in [0.4, 0.5) is 4.79 Å². The average molecular weight is 262 g/mol. The van der Waals surface area contributed by atoms with Crippen LogP contribution < -0.4 is 10.6 Å². The third-order valence-electron chi connectivity index (χ3n) is 1.78. The van der Waals surface area contributed by atoms with Gasteiger partial charge in [-0.05, 0) is 6.92 Å². The van der Waals surface area contributed by atoms with E-state index < -0.39 is 6.09 Å². The molecule has 0 unspecified atom stereocenters. The third kappa shape index (κ3) is 12.7. The first-order chi connectivity index (χ1) is 8.66. The zero-order chi connectivity index (χ0) is 13.6. The summed E-state index contributed by atoms with van der Waals surface area (Å²) in [6.07, 6.45) is -0.437. The molecule has 2 amide bonds. The molecule has 0 heterocycles. The van der Waals surface area contributed by atoms with Gasteiger partial charge in [0.15, 0.2) is 0 Å². The number of carbonyl (C=O) groups is 2. The van der Waals surface area contributed by atoms with Crippen LogP contribution in [0.25, 0.3) is 0 Å². The summed E-state index contributed by atoms with van der Waals surface area (Å²) in [7, 11) is 0. The highest BCUT2D eigenvalue weighted by Gasteiger charge is 1.98. The van der Waals surface area contributed by atoms with Gasteiger partial charge in [0, 0.05) is 20.0 Å². The number of carbonyl (C=O) groups excluding carboxylic acids is 2. The van der Waals surface area contributed by atoms with Gasteiger partial charge in [0.1, 0.15) is 0 Å². The minimum atomic E-state index is -0.437. The fraction of sp³-hybridized carbons (Fsp3) is 0.818. The Bertz CT molecular complexity index is 235. The van der Waals surface area contributed by atoms with Crippen molar-refractivity contribution < 1.29 is 23.8 Å². The number of hydrogen-bond donors (Lipinski definition) is 2. The van der Waals surface area contributed by atoms with E-state index in [1.807, 2.05) is 0 Å². The van der Waals surface area contributed by atoms with Gasteiger partial charge in [0.05, 0.1) is 33.0 Å². The first kappa shape index (κ1) is 16.7. The van der Waals surface area contributed by atoms with Crippen molar-refractivity contribution in [2.24, 2.45) is 0 Å². The van der Waals surface area contributed by atoms with Gasteiger partial charge in [-0.15, -0.1) is 0 Å². The highest BCUT2D eigenvalue weighted by atomic mass is 16.5. The Balaban J connectivity index is 3.07. The zero-order valence-corrected chi connectivity index (χ0v) is 11.0. The van der Waals surface area contributed by atoms with Crippen molar-refractivity contribution >= 4 is 12.0 Å². The SMILES string of the molecule is CCOC(=O)NCCOCCOCCNC(C)=O. The lowest BCUT2D eigenvalue weighted by molar-refractivity contribution is -0.119. The fourth-order valence-electron chi connectivity index (χ4n) is 1.03. The lowest BCUT2D eigenvalue weighted by Gasteiger charge is -2.07. The van der Waals surface area contributed by atoms with E-state index in [2.05, 4.69) is 15.4 Å². The summed E-state index contributed by atoms with van der Waals surface area (Å²) >= 11 is 0. The molecule has 0 rings (SSSR count). The van der Waals surface area contributed by atoms with E-state index in [-0.39, 0.29) is 5.91 Å². The molecule has 18 heavy (non-hydrogen) atoms. The smallest absolute Gasteiger partial charge is 0.407 e. The van der Waals surface area contributed by atoms with Gasteiger partial charge in [-0.3, -0.25) is 4.79 Å². The van der Waals surface area contributed by atoms with Crippen molar-refractivity contribution in [3.05, 3.63) is 0 Å². The molecule has 7 heteroatoms. The summed E-state index contributed by atoms with van der Waals surface area (Å²) in [6, 6.07) is 0. The maximum absolute atomic E-state index is 10.9. The van der Waals surface area contributed by atoms with Gasteiger partial charge in [-0.25, -0.2) is 4.79 Å². The largest absolute Gasteiger partial charge is 0.450 e. The third-order valence-corrected chi connectivity index (χ3v) is 1.78. The highest BCUT2D eigenvalue weighted by molar-refractivity contribution is 5.72. The van der Waals surface area contributed by atoms with Crippen LogP contribution in [0, 0.1) is 0 Å². The van der Waals surface area contributed by atoms with Crippen LogP contribution in [0.1, 0.15) is 13.8 Å². The van der Waals surface area contributed by atoms with E-state index in [4.69, 9.17) is 9.47 Å². The minimum absolute atomic E-state index is 0.0695. The second-order valence-corrected chi connectivity index (χ2v) is 3.35. The van der Waals surface area contributed by atoms with E-state index in [9.17, 15) is 9.59 Å². The highest BCUT2D eigenvalue weighted by Crippen LogP contribution is 1.80. The van der Waals surface area contributed by atoms with E-state index in [0.717, 1.165) is 0 Å². The molecule has 0 aromatic carbocycles. The predicted molar refractivity (Wildman–Crippen MR) is 65.3 cm³/mol. The number of amides is 2. The summed E-state index contributed by atoms with van der Waals surface area (Å²) in [4.78, 5) is 21.4. The van der Waals surface area contributed by atoms with Crippen LogP contribution in [0.15, 0.2) is 0 Å². The van der Waals surface area contributed by atoms with Crippen molar-refractivity contribution in [1.29, 1.82) is 0 Å². The standard InChI is InChI=1S/C11H22N2O5/c1-3-18-11(15)13-5-7-17-9-8-16-6-4-12-10(2)14/h3-9H2,1-2H3,(H,12,14)(H,13,15). The summed E-state index contributed by atoms with van der Waals surface area (Å²) in [5.74, 6) is -0.0695. The molecule has 0 aliphatic rings. The second kappa shape index (κ2) is 12.1. The fourth-order valence-corrected chi connectivity index (χ4v) is 1.03. The second-order valence-electron chi connectivity index (χ2n) is 3.35. The van der Waals surface area contributed by atoms with Crippen molar-refractivity contribution in [2.45, 2.75) is 13.8 Å². The number of hydrogen-bond acceptors (Lipinski definition) is 5. The molecule has 0 fully saturated rings. The Hall–Kier alpha value is -1.34. The molecule has 0 spiro atoms. The normalized spacial score (nSPS) is 9.89. The van der Waals surface area contributed by atoms with E-state index in [0.29, 0.717) is 46.1 Å². The molecule has 0 bridgehead atoms. The van der Waals surface area contributed by atoms with Crippen LogP contribution in [-0.4, -0.2) is 58.1 Å². The Labute approximate surface area is 107 Å². The van der Waals surface area contributed by atoms with Crippen molar-refractivity contribution in [3.8, 4) is 0 Å². The Morgan fingerprint density at radius 1 is 0.944 bits per heavy atom. The number of rotatable bonds is 10. The average Bonchev–Trinajstić information content (AvgIpc) is 2.31. The van der Waals surface area contributed by atoms with Crippen LogP contribution in [0.5, 0.6) is 0 Å². The summed E-state index contributed by atoms with van der Waals surface area (Å²) in [5, 5.41) is 5.15. The molecule has 2 N–H and O–H groups in total. The lowest BCUT2D eigenvalue weighted by atomic mass is 10.6. The van der Waals surface area contributed by atoms with Crippen molar-refractivity contribution in [2.75, 3.05) is 46.1 Å². The van der Waals surface area contributed by atoms with Crippen molar-refractivity contribution in [3.63, 3.8) is 0 Å². The number of alkyl carbamates (subject to hydrolysis) is 1. The first-order valence-electron chi connectivity index (χ1n) is 5.97. The summed E-state index contributed by atoms with van der Waals surface area (Å²) in [5.41, 5.74) is 0. The predicted octanol–water partition coefficient (Wildman–Crippen LogP) is -0.0982. The first-order valence-corrected chi connectivity index (χ1v) is 5.97. The zero-order valence-electron chi connectivity index (χ0n) is 11.0. The Morgan fingerprint density at radius 3 is 2.00 bits per heavy atom. The monoisotopic (exact) mass is 262 g/mol. The van der Waals surface area contributed by atoms with Gasteiger partial charge in [0.25, 0.3) is 0 Å². The van der Waals surface area contributed by atoms with E-state index >= 15 is 0 Å². The summed E-state index contributed by atoms with van der Waals surface area (Å²) < 4.78 is 15.1. The van der Waals surface area contributed by atoms with Gasteiger partial charge in [-0.2, -0.15) is 0 Å². The van der Waals surface area contributed by atoms with Gasteiger partial charge in [-0.1, -0.05) is 0 Å². The maximum Gasteiger partial charge on any atom is 0.407 e. The van der Waals surface area contributed by atoms with Gasteiger partial charge in [0.2, 0.25) is 5.91 Å². The molecule has 0 aliphatic heterocycles. The molecule has 0 atom stereocenters. The molecule has 0 aromatic heterocycles. The molecule has 0 radical (unpaired) electrons. The number of ether oxygens (including phenoxy) is 3. The maximum atomic E-state index is 10.9. The molecule has 0 saturated carbocycles. The molecular weight excluding hydrogens is 240 g/mol. The molecular formula is C11H22N2O5. The molecule has 0 saturated heterocycles. The molecule has 0 aliphatic carbocycles. The van der Waals surface area contributed by atoms with E-state index in [1.165, 1.54) is 6.92 Å². The van der Waals surface area contributed by atoms with Crippen LogP contribution in [0.3, 0.4) is 0 Å². The lowest BCUT2D eigenvalue weighted by Crippen LogP contribution is -2.28. The molecule has 106 valence electrons. The van der Waals surface area contributed by atoms with E-state index in [1.54, 1.807) is 6.92 Å². The van der Waals surface area contributed by atoms with Crippen LogP contribution in [0.2, 0.25) is 0 Å². The summed E-state index contributed by atoms with van der Waals surface area (Å²) in [6.45, 7) is 6.24. The Kier molecular flexibility index (Phi) is 11.2. The van der Waals surface area contributed by atoms with Gasteiger partial charge >= 0.3 is 6.09 Å². The van der Waals surface area contributed by atoms with Crippen LogP contribution in [-0.2, 0) is 19.0 Å². The Morgan fingerprint density at radius 2 is 1.50 bits per heavy atom. The topological polar surface area (TPSA) is 85.9 Å². The van der Waals surface area contributed by atoms with Crippen molar-refractivity contribution in [1.82, 2.24) is 10.6 Å². The minimum Gasteiger partial charge on any atom is -0.450 e.